The lowest BCUT2D eigenvalue weighted by Gasteiger charge is -2.31. The summed E-state index contributed by atoms with van der Waals surface area (Å²) >= 11 is 0. The van der Waals surface area contributed by atoms with Gasteiger partial charge in [0.2, 0.25) is 0 Å². The van der Waals surface area contributed by atoms with Gasteiger partial charge in [-0.2, -0.15) is 5.21 Å². The van der Waals surface area contributed by atoms with Crippen LogP contribution in [0.4, 0.5) is 4.39 Å². The molecule has 1 aromatic carbocycles. The van der Waals surface area contributed by atoms with E-state index < -0.39 is 0 Å². The molecule has 2 aliphatic carbocycles. The smallest absolute Gasteiger partial charge is 0.181 e. The molecule has 154 valence electrons. The van der Waals surface area contributed by atoms with Crippen molar-refractivity contribution in [2.45, 2.75) is 44.4 Å². The lowest BCUT2D eigenvalue weighted by Crippen LogP contribution is -2.30. The number of hydrogen-bond donors (Lipinski definition) is 1. The number of nitrogens with one attached hydrogen (secondary N) is 1. The predicted octanol–water partition coefficient (Wildman–Crippen LogP) is 5.20. The summed E-state index contributed by atoms with van der Waals surface area (Å²) in [4.78, 5) is 4.60. The monoisotopic (exact) mass is 403 g/mol. The van der Waals surface area contributed by atoms with Gasteiger partial charge in [0.15, 0.2) is 5.82 Å². The van der Waals surface area contributed by atoms with E-state index in [1.807, 2.05) is 24.4 Å². The number of aromatic nitrogens is 5. The highest BCUT2D eigenvalue weighted by Gasteiger charge is 2.52. The SMILES string of the molecule is C[C@]1(c2nn[nH]n2)C[C@H]2CCCC[C@@H]2[C@@H]1C=Cc1ccc(-c2cccc(F)c2)cn1. The Kier molecular flexibility index (Phi) is 4.93. The van der Waals surface area contributed by atoms with E-state index in [9.17, 15) is 4.39 Å². The Bertz CT molecular complexity index is 1030. The first-order valence-corrected chi connectivity index (χ1v) is 10.8. The van der Waals surface area contributed by atoms with Crippen LogP contribution in [0, 0.1) is 23.6 Å². The van der Waals surface area contributed by atoms with Crippen molar-refractivity contribution in [3.05, 3.63) is 66.0 Å². The molecule has 6 heteroatoms. The number of nitrogens with zero attached hydrogens (tertiary/aromatic N) is 4. The van der Waals surface area contributed by atoms with Crippen LogP contribution >= 0.6 is 0 Å². The normalized spacial score (nSPS) is 28.7. The predicted molar refractivity (Wildman–Crippen MR) is 114 cm³/mol. The van der Waals surface area contributed by atoms with Gasteiger partial charge in [-0.05, 0) is 60.4 Å². The summed E-state index contributed by atoms with van der Waals surface area (Å²) in [6.07, 6.45) is 12.5. The molecule has 5 rings (SSSR count). The third kappa shape index (κ3) is 3.44. The van der Waals surface area contributed by atoms with Crippen LogP contribution in [0.5, 0.6) is 0 Å². The molecule has 5 nitrogen and oxygen atoms in total. The van der Waals surface area contributed by atoms with E-state index in [0.29, 0.717) is 11.8 Å². The molecule has 0 bridgehead atoms. The van der Waals surface area contributed by atoms with E-state index in [4.69, 9.17) is 0 Å². The van der Waals surface area contributed by atoms with Crippen molar-refractivity contribution in [2.75, 3.05) is 0 Å². The minimum atomic E-state index is -0.236. The summed E-state index contributed by atoms with van der Waals surface area (Å²) in [6, 6.07) is 10.6. The number of pyridine rings is 1. The number of hydrogen-bond acceptors (Lipinski definition) is 4. The molecule has 3 aromatic rings. The van der Waals surface area contributed by atoms with E-state index in [2.05, 4.69) is 44.7 Å². The van der Waals surface area contributed by atoms with Crippen LogP contribution in [0.2, 0.25) is 0 Å². The highest BCUT2D eigenvalue weighted by Crippen LogP contribution is 2.56. The summed E-state index contributed by atoms with van der Waals surface area (Å²) in [5.74, 6) is 2.33. The first kappa shape index (κ1) is 19.1. The minimum Gasteiger partial charge on any atom is -0.256 e. The van der Waals surface area contributed by atoms with E-state index in [0.717, 1.165) is 35.0 Å². The summed E-state index contributed by atoms with van der Waals surface area (Å²) in [6.45, 7) is 2.28. The van der Waals surface area contributed by atoms with Crippen molar-refractivity contribution in [3.8, 4) is 11.1 Å². The summed E-state index contributed by atoms with van der Waals surface area (Å²) < 4.78 is 13.5. The average molecular weight is 404 g/mol. The van der Waals surface area contributed by atoms with E-state index in [1.54, 1.807) is 6.07 Å². The van der Waals surface area contributed by atoms with Gasteiger partial charge in [-0.3, -0.25) is 4.98 Å². The Labute approximate surface area is 175 Å². The molecule has 0 amide bonds. The second-order valence-electron chi connectivity index (χ2n) is 8.93. The van der Waals surface area contributed by atoms with Crippen LogP contribution in [-0.2, 0) is 5.41 Å². The third-order valence-corrected chi connectivity index (χ3v) is 7.13. The Balaban J connectivity index is 1.41. The number of H-pyrrole nitrogens is 1. The van der Waals surface area contributed by atoms with Gasteiger partial charge in [0.1, 0.15) is 5.82 Å². The highest BCUT2D eigenvalue weighted by molar-refractivity contribution is 5.63. The highest BCUT2D eigenvalue weighted by atomic mass is 19.1. The van der Waals surface area contributed by atoms with E-state index in [1.165, 1.54) is 37.8 Å². The standard InChI is InChI=1S/C24H26FN5/c1-24(23-27-29-30-28-23)14-17-5-2-3-8-21(17)22(24)12-11-20-10-9-18(15-26-20)16-6-4-7-19(25)13-16/h4,6-7,9-13,15,17,21-22H,2-3,5,8,14H2,1H3,(H,27,28,29,30)/t17-,21+,22+,24+/m1/s1. The molecule has 2 heterocycles. The molecule has 4 atom stereocenters. The molecular formula is C24H26FN5. The molecule has 2 aliphatic rings. The molecule has 2 saturated carbocycles. The Morgan fingerprint density at radius 3 is 2.80 bits per heavy atom. The molecular weight excluding hydrogens is 377 g/mol. The van der Waals surface area contributed by atoms with Crippen molar-refractivity contribution < 1.29 is 4.39 Å². The minimum absolute atomic E-state index is 0.106. The van der Waals surface area contributed by atoms with Gasteiger partial charge in [-0.15, -0.1) is 10.2 Å². The van der Waals surface area contributed by atoms with Crippen LogP contribution in [0.3, 0.4) is 0 Å². The van der Waals surface area contributed by atoms with Crippen LogP contribution in [-0.4, -0.2) is 25.6 Å². The maximum Gasteiger partial charge on any atom is 0.181 e. The van der Waals surface area contributed by atoms with Crippen LogP contribution in [0.25, 0.3) is 17.2 Å². The quantitative estimate of drug-likeness (QED) is 0.650. The van der Waals surface area contributed by atoms with Gasteiger partial charge in [0.05, 0.1) is 5.69 Å². The molecule has 0 aliphatic heterocycles. The van der Waals surface area contributed by atoms with Gasteiger partial charge >= 0.3 is 0 Å². The molecule has 1 N–H and O–H groups in total. The molecule has 0 radical (unpaired) electrons. The summed E-state index contributed by atoms with van der Waals surface area (Å²) in [5.41, 5.74) is 2.55. The second-order valence-corrected chi connectivity index (χ2v) is 8.93. The molecule has 2 fully saturated rings. The van der Waals surface area contributed by atoms with Crippen molar-refractivity contribution in [2.24, 2.45) is 17.8 Å². The van der Waals surface area contributed by atoms with Crippen LogP contribution in [0.1, 0.15) is 50.5 Å². The zero-order valence-electron chi connectivity index (χ0n) is 17.1. The molecule has 0 spiro atoms. The maximum atomic E-state index is 13.5. The Hall–Kier alpha value is -2.89. The van der Waals surface area contributed by atoms with Crippen molar-refractivity contribution >= 4 is 6.08 Å². The number of fused-ring (bicyclic) bond motifs is 1. The first-order valence-electron chi connectivity index (χ1n) is 10.8. The number of tetrazole rings is 1. The number of halogens is 1. The first-order chi connectivity index (χ1) is 14.6. The van der Waals surface area contributed by atoms with E-state index >= 15 is 0 Å². The molecule has 0 saturated heterocycles. The number of allylic oxidation sites excluding steroid dienone is 1. The van der Waals surface area contributed by atoms with Gasteiger partial charge in [-0.25, -0.2) is 4.39 Å². The van der Waals surface area contributed by atoms with Gasteiger partial charge in [0, 0.05) is 17.2 Å². The van der Waals surface area contributed by atoms with Crippen molar-refractivity contribution in [3.63, 3.8) is 0 Å². The Morgan fingerprint density at radius 1 is 1.13 bits per heavy atom. The summed E-state index contributed by atoms with van der Waals surface area (Å²) in [7, 11) is 0. The molecule has 30 heavy (non-hydrogen) atoms. The molecule has 0 unspecified atom stereocenters. The van der Waals surface area contributed by atoms with E-state index in [-0.39, 0.29) is 11.2 Å². The topological polar surface area (TPSA) is 67.3 Å². The fourth-order valence-corrected chi connectivity index (χ4v) is 5.66. The summed E-state index contributed by atoms with van der Waals surface area (Å²) in [5, 5.41) is 15.2. The lowest BCUT2D eigenvalue weighted by molar-refractivity contribution is 0.243. The van der Waals surface area contributed by atoms with Gasteiger partial charge in [0.25, 0.3) is 0 Å². The second kappa shape index (κ2) is 7.74. The fourth-order valence-electron chi connectivity index (χ4n) is 5.66. The average Bonchev–Trinajstić information content (AvgIpc) is 3.40. The number of aromatic amines is 1. The molecule has 2 aromatic heterocycles. The zero-order valence-corrected chi connectivity index (χ0v) is 17.1. The number of benzene rings is 1. The fraction of sp³-hybridized carbons (Fsp3) is 0.417. The van der Waals surface area contributed by atoms with Crippen LogP contribution < -0.4 is 0 Å². The Morgan fingerprint density at radius 2 is 2.03 bits per heavy atom. The maximum absolute atomic E-state index is 13.5. The van der Waals surface area contributed by atoms with Gasteiger partial charge < -0.3 is 0 Å². The number of rotatable bonds is 4. The third-order valence-electron chi connectivity index (χ3n) is 7.13. The van der Waals surface area contributed by atoms with Crippen molar-refractivity contribution in [1.29, 1.82) is 0 Å². The zero-order chi connectivity index (χ0) is 20.6. The van der Waals surface area contributed by atoms with Gasteiger partial charge in [-0.1, -0.05) is 55.7 Å². The largest absolute Gasteiger partial charge is 0.256 e. The van der Waals surface area contributed by atoms with Crippen molar-refractivity contribution in [1.82, 2.24) is 25.6 Å². The lowest BCUT2D eigenvalue weighted by atomic mass is 9.73. The van der Waals surface area contributed by atoms with Crippen LogP contribution in [0.15, 0.2) is 48.7 Å².